The zero-order valence-electron chi connectivity index (χ0n) is 18.2. The van der Waals surface area contributed by atoms with E-state index in [0.29, 0.717) is 32.1 Å². The number of thiophene rings is 1. The Hall–Kier alpha value is -2.81. The molecule has 3 aliphatic rings. The average molecular weight is 470 g/mol. The van der Waals surface area contributed by atoms with Gasteiger partial charge in [0.1, 0.15) is 16.5 Å². The Kier molecular flexibility index (Phi) is 5.16. The number of carbonyl (C=O) groups excluding carboxylic acids is 1. The van der Waals surface area contributed by atoms with Crippen LogP contribution in [0.15, 0.2) is 18.2 Å². The number of piperazine rings is 1. The van der Waals surface area contributed by atoms with Crippen LogP contribution in [0.5, 0.6) is 0 Å². The van der Waals surface area contributed by atoms with Gasteiger partial charge >= 0.3 is 6.03 Å². The van der Waals surface area contributed by atoms with E-state index >= 15 is 0 Å². The smallest absolute Gasteiger partial charge is 0.321 e. The summed E-state index contributed by atoms with van der Waals surface area (Å²) in [6.07, 6.45) is 6.99. The second-order valence-corrected chi connectivity index (χ2v) is 10.2. The maximum absolute atomic E-state index is 13.5. The van der Waals surface area contributed by atoms with Gasteiger partial charge < -0.3 is 15.1 Å². The van der Waals surface area contributed by atoms with E-state index in [0.717, 1.165) is 54.3 Å². The van der Waals surface area contributed by atoms with Crippen LogP contribution in [0.25, 0.3) is 10.2 Å². The summed E-state index contributed by atoms with van der Waals surface area (Å²) in [5.74, 6) is 0.571. The number of hydrogen-bond acceptors (Lipinski definition) is 5. The zero-order valence-corrected chi connectivity index (χ0v) is 19.1. The average Bonchev–Trinajstić information content (AvgIpc) is 3.61. The number of urea groups is 1. The monoisotopic (exact) mass is 469 g/mol. The van der Waals surface area contributed by atoms with Crippen molar-refractivity contribution in [3.8, 4) is 0 Å². The molecule has 2 aromatic heterocycles. The van der Waals surface area contributed by atoms with Gasteiger partial charge in [-0.05, 0) is 56.2 Å². The Morgan fingerprint density at radius 2 is 1.82 bits per heavy atom. The highest BCUT2D eigenvalue weighted by Crippen LogP contribution is 2.44. The first-order valence-electron chi connectivity index (χ1n) is 11.6. The Balaban J connectivity index is 1.22. The Labute approximate surface area is 194 Å². The molecule has 0 radical (unpaired) electrons. The highest BCUT2D eigenvalue weighted by molar-refractivity contribution is 7.19. The number of amides is 2. The molecule has 0 bridgehead atoms. The molecule has 0 atom stereocenters. The number of nitrogens with one attached hydrogen (secondary N) is 1. The standard InChI is InChI=1S/C24H25F2N5OS/c25-17-8-7-15(13-18(17)26)27-24(32)31-11-9-30(10-12-31)22-20-16-3-1-2-4-19(16)33-23(20)29-21(28-22)14-5-6-14/h7-8,13-14H,1-6,9-12H2,(H,27,32). The van der Waals surface area contributed by atoms with Crippen molar-refractivity contribution in [1.82, 2.24) is 14.9 Å². The van der Waals surface area contributed by atoms with Crippen LogP contribution < -0.4 is 10.2 Å². The molecule has 1 saturated carbocycles. The van der Waals surface area contributed by atoms with Gasteiger partial charge in [0.2, 0.25) is 0 Å². The minimum Gasteiger partial charge on any atom is -0.352 e. The minimum atomic E-state index is -0.976. The highest BCUT2D eigenvalue weighted by Gasteiger charge is 2.32. The first-order valence-corrected chi connectivity index (χ1v) is 12.5. The van der Waals surface area contributed by atoms with Gasteiger partial charge in [-0.3, -0.25) is 0 Å². The van der Waals surface area contributed by atoms with Gasteiger partial charge in [-0.2, -0.15) is 0 Å². The van der Waals surface area contributed by atoms with E-state index in [4.69, 9.17) is 9.97 Å². The number of halogens is 2. The van der Waals surface area contributed by atoms with Crippen molar-refractivity contribution >= 4 is 39.1 Å². The summed E-state index contributed by atoms with van der Waals surface area (Å²) in [5, 5.41) is 3.89. The number of fused-ring (bicyclic) bond motifs is 3. The number of aryl methyl sites for hydroxylation is 2. The Bertz CT molecular complexity index is 1230. The van der Waals surface area contributed by atoms with Gasteiger partial charge in [0.15, 0.2) is 11.6 Å². The summed E-state index contributed by atoms with van der Waals surface area (Å²) in [7, 11) is 0. The third kappa shape index (κ3) is 3.92. The van der Waals surface area contributed by atoms with E-state index in [-0.39, 0.29) is 11.7 Å². The van der Waals surface area contributed by atoms with Crippen molar-refractivity contribution < 1.29 is 13.6 Å². The molecule has 1 N–H and O–H groups in total. The predicted molar refractivity (Wildman–Crippen MR) is 125 cm³/mol. The summed E-state index contributed by atoms with van der Waals surface area (Å²) in [6, 6.07) is 3.08. The lowest BCUT2D eigenvalue weighted by Crippen LogP contribution is -2.50. The van der Waals surface area contributed by atoms with E-state index in [9.17, 15) is 13.6 Å². The summed E-state index contributed by atoms with van der Waals surface area (Å²) in [6.45, 7) is 2.41. The van der Waals surface area contributed by atoms with E-state index in [1.165, 1.54) is 34.7 Å². The molecule has 6 nitrogen and oxygen atoms in total. The summed E-state index contributed by atoms with van der Waals surface area (Å²) >= 11 is 1.84. The third-order valence-corrected chi connectivity index (χ3v) is 7.98. The van der Waals surface area contributed by atoms with Crippen LogP contribution in [0, 0.1) is 11.6 Å². The summed E-state index contributed by atoms with van der Waals surface area (Å²) in [4.78, 5) is 29.3. The molecule has 33 heavy (non-hydrogen) atoms. The van der Waals surface area contributed by atoms with E-state index < -0.39 is 11.6 Å². The quantitative estimate of drug-likeness (QED) is 0.581. The van der Waals surface area contributed by atoms with Gasteiger partial charge in [0.25, 0.3) is 0 Å². The molecule has 2 aliphatic carbocycles. The van der Waals surface area contributed by atoms with E-state index in [1.807, 2.05) is 11.3 Å². The number of nitrogens with zero attached hydrogens (tertiary/aromatic N) is 4. The molecule has 9 heteroatoms. The first kappa shape index (κ1) is 20.8. The van der Waals surface area contributed by atoms with Crippen LogP contribution in [0.1, 0.15) is 47.9 Å². The third-order valence-electron chi connectivity index (χ3n) is 6.79. The van der Waals surface area contributed by atoms with Crippen LogP contribution in [-0.2, 0) is 12.8 Å². The number of anilines is 2. The second-order valence-electron chi connectivity index (χ2n) is 9.10. The molecule has 3 aromatic rings. The number of hydrogen-bond donors (Lipinski definition) is 1. The molecular weight excluding hydrogens is 444 g/mol. The first-order chi connectivity index (χ1) is 16.1. The van der Waals surface area contributed by atoms with Gasteiger partial charge in [0.05, 0.1) is 5.39 Å². The van der Waals surface area contributed by atoms with E-state index in [2.05, 4.69) is 10.2 Å². The van der Waals surface area contributed by atoms with Crippen molar-refractivity contribution in [2.24, 2.45) is 0 Å². The molecule has 3 heterocycles. The molecule has 2 amide bonds. The van der Waals surface area contributed by atoms with Crippen LogP contribution in [0.4, 0.5) is 25.1 Å². The predicted octanol–water partition coefficient (Wildman–Crippen LogP) is 5.08. The maximum Gasteiger partial charge on any atom is 0.321 e. The van der Waals surface area contributed by atoms with Gasteiger partial charge in [0, 0.05) is 48.7 Å². The Morgan fingerprint density at radius 3 is 2.58 bits per heavy atom. The highest BCUT2D eigenvalue weighted by atomic mass is 32.1. The second kappa shape index (κ2) is 8.20. The fourth-order valence-electron chi connectivity index (χ4n) is 4.80. The molecule has 1 aliphatic heterocycles. The molecule has 2 fully saturated rings. The van der Waals surface area contributed by atoms with Crippen molar-refractivity contribution in [2.75, 3.05) is 36.4 Å². The number of aromatic nitrogens is 2. The van der Waals surface area contributed by atoms with Gasteiger partial charge in [-0.25, -0.2) is 23.5 Å². The molecule has 6 rings (SSSR count). The van der Waals surface area contributed by atoms with Crippen LogP contribution in [0.3, 0.4) is 0 Å². The van der Waals surface area contributed by atoms with Gasteiger partial charge in [-0.1, -0.05) is 0 Å². The number of benzene rings is 1. The lowest BCUT2D eigenvalue weighted by molar-refractivity contribution is 0.208. The lowest BCUT2D eigenvalue weighted by atomic mass is 9.97. The SMILES string of the molecule is O=C(Nc1ccc(F)c(F)c1)N1CCN(c2nc(C3CC3)nc3sc4c(c23)CCCC4)CC1. The largest absolute Gasteiger partial charge is 0.352 e. The Morgan fingerprint density at radius 1 is 1.03 bits per heavy atom. The molecule has 1 aromatic carbocycles. The van der Waals surface area contributed by atoms with Crippen LogP contribution in [-0.4, -0.2) is 47.1 Å². The molecule has 172 valence electrons. The van der Waals surface area contributed by atoms with E-state index in [1.54, 1.807) is 4.90 Å². The van der Waals surface area contributed by atoms with Crippen molar-refractivity contribution in [2.45, 2.75) is 44.4 Å². The number of carbonyl (C=O) groups is 1. The topological polar surface area (TPSA) is 61.4 Å². The van der Waals surface area contributed by atoms with Crippen LogP contribution >= 0.6 is 11.3 Å². The number of rotatable bonds is 3. The fraction of sp³-hybridized carbons (Fsp3) is 0.458. The molecular formula is C24H25F2N5OS. The molecule has 0 spiro atoms. The summed E-state index contributed by atoms with van der Waals surface area (Å²) in [5.41, 5.74) is 1.68. The fourth-order valence-corrected chi connectivity index (χ4v) is 6.07. The normalized spacial score (nSPS) is 18.5. The lowest BCUT2D eigenvalue weighted by Gasteiger charge is -2.36. The zero-order chi connectivity index (χ0) is 22.5. The van der Waals surface area contributed by atoms with Gasteiger partial charge in [-0.15, -0.1) is 11.3 Å². The van der Waals surface area contributed by atoms with Crippen LogP contribution in [0.2, 0.25) is 0 Å². The van der Waals surface area contributed by atoms with Crippen molar-refractivity contribution in [1.29, 1.82) is 0 Å². The summed E-state index contributed by atoms with van der Waals surface area (Å²) < 4.78 is 26.6. The molecule has 0 unspecified atom stereocenters. The molecule has 1 saturated heterocycles. The minimum absolute atomic E-state index is 0.248. The van der Waals surface area contributed by atoms with Crippen molar-refractivity contribution in [3.63, 3.8) is 0 Å². The maximum atomic E-state index is 13.5. The van der Waals surface area contributed by atoms with Crippen molar-refractivity contribution in [3.05, 3.63) is 46.1 Å².